The van der Waals surface area contributed by atoms with Crippen LogP contribution >= 0.6 is 11.6 Å². The van der Waals surface area contributed by atoms with Crippen molar-refractivity contribution in [1.82, 2.24) is 14.8 Å². The predicted molar refractivity (Wildman–Crippen MR) is 168 cm³/mol. The van der Waals surface area contributed by atoms with Gasteiger partial charge in [-0.15, -0.1) is 11.6 Å². The van der Waals surface area contributed by atoms with E-state index in [-0.39, 0.29) is 53.7 Å². The summed E-state index contributed by atoms with van der Waals surface area (Å²) in [5, 5.41) is 16.6. The summed E-state index contributed by atoms with van der Waals surface area (Å²) in [6.07, 6.45) is 9.39. The molecule has 0 unspecified atom stereocenters. The average Bonchev–Trinajstić information content (AvgIpc) is 3.49. The number of carbonyl (C=O) groups is 3. The Bertz CT molecular complexity index is 1570. The van der Waals surface area contributed by atoms with Crippen LogP contribution in [0.1, 0.15) is 83.5 Å². The van der Waals surface area contributed by atoms with Gasteiger partial charge in [-0.1, -0.05) is 40.2 Å². The summed E-state index contributed by atoms with van der Waals surface area (Å²) < 4.78 is 13.4. The summed E-state index contributed by atoms with van der Waals surface area (Å²) >= 11 is 7.37. The number of rotatable bonds is 7. The van der Waals surface area contributed by atoms with Gasteiger partial charge in [-0.3, -0.25) is 19.4 Å². The number of alkyl halides is 1. The average molecular weight is 638 g/mol. The highest BCUT2D eigenvalue weighted by Crippen LogP contribution is 2.70. The lowest BCUT2D eigenvalue weighted by Crippen LogP contribution is -2.66. The molecule has 0 amide bonds. The van der Waals surface area contributed by atoms with Gasteiger partial charge in [0.05, 0.1) is 29.9 Å². The Hall–Kier alpha value is -3.04. The van der Waals surface area contributed by atoms with Crippen molar-refractivity contribution >= 4 is 35.4 Å². The summed E-state index contributed by atoms with van der Waals surface area (Å²) in [7, 11) is 0. The first kappa shape index (κ1) is 31.9. The summed E-state index contributed by atoms with van der Waals surface area (Å²) in [5.41, 5.74) is 2.44. The van der Waals surface area contributed by atoms with Crippen LogP contribution in [0, 0.1) is 41.4 Å². The van der Waals surface area contributed by atoms with Gasteiger partial charge < -0.3 is 14.6 Å². The van der Waals surface area contributed by atoms with Crippen molar-refractivity contribution < 1.29 is 29.0 Å². The molecule has 9 nitrogen and oxygen atoms in total. The SMILES string of the molecule is CCC(=O)OCC(=O)[C@]1(OC(=O)CC)[C@H](C)C[C@H]2[C@H]3[C@H]([C@@H](O)C[C@@]21C)[C@@]1(C)Cc2cnn(-c4cncc(C)c4)c2C=C1C[C@H]3Cl. The van der Waals surface area contributed by atoms with Crippen molar-refractivity contribution in [3.8, 4) is 5.69 Å². The fourth-order valence-electron chi connectivity index (χ4n) is 9.75. The number of pyridine rings is 1. The van der Waals surface area contributed by atoms with E-state index in [1.165, 1.54) is 5.57 Å². The Morgan fingerprint density at radius 3 is 2.56 bits per heavy atom. The molecule has 0 saturated heterocycles. The molecule has 0 spiro atoms. The molecule has 6 rings (SSSR count). The van der Waals surface area contributed by atoms with Gasteiger partial charge in [0.15, 0.2) is 12.2 Å². The maximum Gasteiger partial charge on any atom is 0.306 e. The first-order chi connectivity index (χ1) is 21.3. The van der Waals surface area contributed by atoms with E-state index in [2.05, 4.69) is 24.1 Å². The van der Waals surface area contributed by atoms with Crippen LogP contribution in [0.3, 0.4) is 0 Å². The predicted octanol–water partition coefficient (Wildman–Crippen LogP) is 5.41. The first-order valence-corrected chi connectivity index (χ1v) is 16.7. The largest absolute Gasteiger partial charge is 0.457 e. The van der Waals surface area contributed by atoms with Crippen LogP contribution in [-0.2, 0) is 30.3 Å². The summed E-state index contributed by atoms with van der Waals surface area (Å²) in [6.45, 7) is 11.0. The molecular weight excluding hydrogens is 594 g/mol. The molecule has 242 valence electrons. The van der Waals surface area contributed by atoms with Crippen molar-refractivity contribution in [2.75, 3.05) is 6.61 Å². The van der Waals surface area contributed by atoms with Crippen LogP contribution in [0.25, 0.3) is 11.8 Å². The fraction of sp³-hybridized carbons (Fsp3) is 0.629. The van der Waals surface area contributed by atoms with E-state index in [9.17, 15) is 19.5 Å². The third-order valence-electron chi connectivity index (χ3n) is 11.7. The van der Waals surface area contributed by atoms with E-state index in [1.54, 1.807) is 13.8 Å². The molecule has 9 atom stereocenters. The van der Waals surface area contributed by atoms with Crippen LogP contribution in [0.5, 0.6) is 0 Å². The lowest BCUT2D eigenvalue weighted by atomic mass is 9.45. The maximum absolute atomic E-state index is 14.1. The Morgan fingerprint density at radius 1 is 1.13 bits per heavy atom. The minimum atomic E-state index is -1.54. The number of aliphatic hydroxyl groups excluding tert-OH is 1. The highest BCUT2D eigenvalue weighted by molar-refractivity contribution is 6.21. The molecule has 2 aromatic rings. The Kier molecular flexibility index (Phi) is 8.04. The zero-order valence-corrected chi connectivity index (χ0v) is 27.8. The van der Waals surface area contributed by atoms with Gasteiger partial charge in [-0.25, -0.2) is 4.68 Å². The zero-order chi connectivity index (χ0) is 32.5. The molecule has 4 aliphatic carbocycles. The van der Waals surface area contributed by atoms with Crippen LogP contribution < -0.4 is 0 Å². The second-order valence-corrected chi connectivity index (χ2v) is 14.8. The normalized spacial score (nSPS) is 36.6. The minimum absolute atomic E-state index is 0.0975. The number of aliphatic hydroxyl groups is 1. The number of ether oxygens (including phenoxy) is 2. The molecule has 1 N–H and O–H groups in total. The van der Waals surface area contributed by atoms with E-state index in [0.717, 1.165) is 22.5 Å². The Balaban J connectivity index is 1.39. The second kappa shape index (κ2) is 11.3. The molecule has 0 aliphatic heterocycles. The molecule has 0 aromatic carbocycles. The highest BCUT2D eigenvalue weighted by atomic mass is 35.5. The minimum Gasteiger partial charge on any atom is -0.457 e. The monoisotopic (exact) mass is 637 g/mol. The zero-order valence-electron chi connectivity index (χ0n) is 27.0. The second-order valence-electron chi connectivity index (χ2n) is 14.2. The fourth-order valence-corrected chi connectivity index (χ4v) is 10.2. The van der Waals surface area contributed by atoms with E-state index in [4.69, 9.17) is 26.2 Å². The molecule has 2 aromatic heterocycles. The number of hydrogen-bond acceptors (Lipinski definition) is 8. The van der Waals surface area contributed by atoms with Gasteiger partial charge in [0.1, 0.15) is 0 Å². The molecule has 3 fully saturated rings. The number of allylic oxidation sites excluding steroid dienone is 1. The molecular formula is C35H44ClN3O6. The number of aromatic nitrogens is 3. The van der Waals surface area contributed by atoms with Gasteiger partial charge in [0, 0.05) is 35.7 Å². The number of ketones is 1. The summed E-state index contributed by atoms with van der Waals surface area (Å²) in [6, 6.07) is 2.06. The number of carbonyl (C=O) groups excluding carboxylic acids is 3. The van der Waals surface area contributed by atoms with E-state index in [1.807, 2.05) is 44.0 Å². The van der Waals surface area contributed by atoms with Crippen LogP contribution in [0.4, 0.5) is 0 Å². The molecule has 0 radical (unpaired) electrons. The number of nitrogens with zero attached hydrogens (tertiary/aromatic N) is 3. The van der Waals surface area contributed by atoms with Crippen molar-refractivity contribution in [2.45, 2.75) is 97.1 Å². The molecule has 10 heteroatoms. The molecule has 45 heavy (non-hydrogen) atoms. The number of hydrogen-bond donors (Lipinski definition) is 1. The number of aryl methyl sites for hydroxylation is 1. The standard InChI is InChI=1S/C35H44ClN3O6/c1-7-29(42)44-18-28(41)35(45-30(43)8-2)20(4)10-24-31-25(36)11-22-12-26-21(16-38-39(26)23-9-19(3)15-37-17-23)13-33(22,5)32(31)27(40)14-34(24,35)6/h9,12,15-17,20,24-25,27,31-32,40H,7-8,10-11,13-14,18H2,1-6H3/t20-,24+,25-,27+,31-,32+,33+,34+,35-/m1/s1. The molecule has 4 aliphatic rings. The number of fused-ring (bicyclic) bond motifs is 6. The Labute approximate surface area is 269 Å². The smallest absolute Gasteiger partial charge is 0.306 e. The summed E-state index contributed by atoms with van der Waals surface area (Å²) in [4.78, 5) is 43.5. The van der Waals surface area contributed by atoms with Gasteiger partial charge in [-0.2, -0.15) is 5.10 Å². The molecule has 0 bridgehead atoms. The number of Topliss-reactive ketones (excluding diaryl/α,β-unsaturated/α-hetero) is 1. The number of halogens is 1. The van der Waals surface area contributed by atoms with Gasteiger partial charge in [0.25, 0.3) is 0 Å². The van der Waals surface area contributed by atoms with E-state index < -0.39 is 41.4 Å². The lowest BCUT2D eigenvalue weighted by Gasteiger charge is -2.61. The van der Waals surface area contributed by atoms with Crippen LogP contribution in [0.2, 0.25) is 0 Å². The topological polar surface area (TPSA) is 121 Å². The summed E-state index contributed by atoms with van der Waals surface area (Å²) in [5.74, 6) is -2.16. The first-order valence-electron chi connectivity index (χ1n) is 16.2. The molecule has 2 heterocycles. The van der Waals surface area contributed by atoms with Crippen LogP contribution in [-0.4, -0.2) is 61.3 Å². The highest BCUT2D eigenvalue weighted by Gasteiger charge is 2.74. The van der Waals surface area contributed by atoms with Crippen LogP contribution in [0.15, 0.2) is 30.2 Å². The lowest BCUT2D eigenvalue weighted by molar-refractivity contribution is -0.207. The van der Waals surface area contributed by atoms with Crippen molar-refractivity contribution in [1.29, 1.82) is 0 Å². The van der Waals surface area contributed by atoms with Crippen molar-refractivity contribution in [3.05, 3.63) is 47.1 Å². The van der Waals surface area contributed by atoms with Crippen molar-refractivity contribution in [2.24, 2.45) is 34.5 Å². The molecule has 3 saturated carbocycles. The van der Waals surface area contributed by atoms with E-state index >= 15 is 0 Å². The number of esters is 2. The van der Waals surface area contributed by atoms with E-state index in [0.29, 0.717) is 19.3 Å². The third-order valence-corrected chi connectivity index (χ3v) is 12.1. The Morgan fingerprint density at radius 2 is 1.87 bits per heavy atom. The van der Waals surface area contributed by atoms with Gasteiger partial charge in [-0.05, 0) is 79.0 Å². The van der Waals surface area contributed by atoms with Crippen molar-refractivity contribution in [3.63, 3.8) is 0 Å². The quantitative estimate of drug-likeness (QED) is 0.316. The van der Waals surface area contributed by atoms with Gasteiger partial charge in [0.2, 0.25) is 5.78 Å². The van der Waals surface area contributed by atoms with Gasteiger partial charge >= 0.3 is 11.9 Å². The maximum atomic E-state index is 14.1. The third kappa shape index (κ3) is 4.70.